The van der Waals surface area contributed by atoms with Gasteiger partial charge in [-0.25, -0.2) is 16.0 Å². The molecule has 0 aromatic rings. The fourth-order valence-electron chi connectivity index (χ4n) is 0.585. The summed E-state index contributed by atoms with van der Waals surface area (Å²) in [5, 5.41) is 12.1. The molecule has 0 atom stereocenters. The standard InChI is InChI=1S/C5H12N6/c1-7-5(10-4-6)11(8-2)9-3/h8-9H,1-3H3,(H,7,10). The zero-order chi connectivity index (χ0) is 8.69. The van der Waals surface area contributed by atoms with E-state index in [0.717, 1.165) is 0 Å². The first kappa shape index (κ1) is 9.68. The van der Waals surface area contributed by atoms with E-state index in [1.807, 2.05) is 0 Å². The van der Waals surface area contributed by atoms with Gasteiger partial charge in [0.25, 0.3) is 0 Å². The van der Waals surface area contributed by atoms with E-state index >= 15 is 0 Å². The molecule has 0 rings (SSSR count). The molecule has 0 aromatic carbocycles. The number of nitriles is 1. The van der Waals surface area contributed by atoms with Gasteiger partial charge in [0.2, 0.25) is 5.96 Å². The van der Waals surface area contributed by atoms with E-state index in [1.54, 1.807) is 27.3 Å². The van der Waals surface area contributed by atoms with E-state index in [0.29, 0.717) is 5.96 Å². The van der Waals surface area contributed by atoms with Gasteiger partial charge in [0.05, 0.1) is 0 Å². The van der Waals surface area contributed by atoms with Crippen molar-refractivity contribution in [2.24, 2.45) is 4.99 Å². The molecule has 0 bridgehead atoms. The van der Waals surface area contributed by atoms with Crippen LogP contribution in [0.25, 0.3) is 0 Å². The van der Waals surface area contributed by atoms with Crippen molar-refractivity contribution in [2.75, 3.05) is 21.1 Å². The zero-order valence-electron chi connectivity index (χ0n) is 6.84. The lowest BCUT2D eigenvalue weighted by molar-refractivity contribution is 0.259. The number of rotatable bonds is 2. The molecule has 0 aliphatic rings. The molecule has 3 N–H and O–H groups in total. The molecule has 62 valence electrons. The maximum atomic E-state index is 8.28. The Morgan fingerprint density at radius 3 is 2.27 bits per heavy atom. The first-order chi connectivity index (χ1) is 5.29. The quantitative estimate of drug-likeness (QED) is 0.151. The molecule has 0 aromatic heterocycles. The first-order valence-corrected chi connectivity index (χ1v) is 3.07. The summed E-state index contributed by atoms with van der Waals surface area (Å²) in [7, 11) is 5.00. The predicted molar refractivity (Wildman–Crippen MR) is 42.1 cm³/mol. The van der Waals surface area contributed by atoms with Crippen LogP contribution < -0.4 is 16.2 Å². The van der Waals surface area contributed by atoms with Crippen LogP contribution in [-0.4, -0.2) is 32.2 Å². The second-order valence-corrected chi connectivity index (χ2v) is 1.57. The molecule has 6 heteroatoms. The lowest BCUT2D eigenvalue weighted by atomic mass is 10.9. The molecule has 6 nitrogen and oxygen atoms in total. The highest BCUT2D eigenvalue weighted by molar-refractivity contribution is 5.80. The van der Waals surface area contributed by atoms with Gasteiger partial charge < -0.3 is 0 Å². The summed E-state index contributed by atoms with van der Waals surface area (Å²) in [6.45, 7) is 0. The molecule has 0 saturated carbocycles. The lowest BCUT2D eigenvalue weighted by Gasteiger charge is -2.20. The van der Waals surface area contributed by atoms with Gasteiger partial charge in [0.1, 0.15) is 0 Å². The van der Waals surface area contributed by atoms with E-state index in [4.69, 9.17) is 5.26 Å². The van der Waals surface area contributed by atoms with Crippen molar-refractivity contribution in [2.45, 2.75) is 0 Å². The first-order valence-electron chi connectivity index (χ1n) is 3.07. The van der Waals surface area contributed by atoms with Crippen LogP contribution >= 0.6 is 0 Å². The molecular formula is C5H12N6. The molecule has 0 fully saturated rings. The number of nitrogens with zero attached hydrogens (tertiary/aromatic N) is 3. The Balaban J connectivity index is 4.13. The van der Waals surface area contributed by atoms with Crippen molar-refractivity contribution in [3.05, 3.63) is 0 Å². The number of hydrogen-bond donors (Lipinski definition) is 3. The summed E-state index contributed by atoms with van der Waals surface area (Å²) in [4.78, 5) is 3.80. The van der Waals surface area contributed by atoms with Gasteiger partial charge in [0.15, 0.2) is 6.19 Å². The van der Waals surface area contributed by atoms with E-state index in [-0.39, 0.29) is 0 Å². The molecule has 0 amide bonds. The van der Waals surface area contributed by atoms with Gasteiger partial charge in [-0.3, -0.25) is 10.3 Å². The van der Waals surface area contributed by atoms with Crippen molar-refractivity contribution < 1.29 is 0 Å². The Hall–Kier alpha value is -1.32. The van der Waals surface area contributed by atoms with Gasteiger partial charge in [-0.1, -0.05) is 0 Å². The number of hydrazine groups is 2. The van der Waals surface area contributed by atoms with Crippen LogP contribution in [0.2, 0.25) is 0 Å². The highest BCUT2D eigenvalue weighted by Gasteiger charge is 2.03. The molecule has 11 heavy (non-hydrogen) atoms. The minimum Gasteiger partial charge on any atom is -0.260 e. The molecule has 0 saturated heterocycles. The average molecular weight is 156 g/mol. The molecule has 0 unspecified atom stereocenters. The van der Waals surface area contributed by atoms with Crippen LogP contribution in [0.4, 0.5) is 0 Å². The summed E-state index contributed by atoms with van der Waals surface area (Å²) < 4.78 is 0. The fraction of sp³-hybridized carbons (Fsp3) is 0.600. The summed E-state index contributed by atoms with van der Waals surface area (Å²) >= 11 is 0. The molecule has 0 aliphatic heterocycles. The topological polar surface area (TPSA) is 75.5 Å². The van der Waals surface area contributed by atoms with Crippen LogP contribution in [0, 0.1) is 11.5 Å². The normalized spacial score (nSPS) is 10.5. The highest BCUT2D eigenvalue weighted by atomic mass is 15.7. The predicted octanol–water partition coefficient (Wildman–Crippen LogP) is -1.39. The molecule has 0 radical (unpaired) electrons. The summed E-state index contributed by atoms with van der Waals surface area (Å²) in [5.41, 5.74) is 5.53. The highest BCUT2D eigenvalue weighted by Crippen LogP contribution is 1.74. The fourth-order valence-corrected chi connectivity index (χ4v) is 0.585. The van der Waals surface area contributed by atoms with Gasteiger partial charge in [-0.2, -0.15) is 5.26 Å². The van der Waals surface area contributed by atoms with Crippen LogP contribution in [0.15, 0.2) is 4.99 Å². The van der Waals surface area contributed by atoms with E-state index in [9.17, 15) is 0 Å². The largest absolute Gasteiger partial charge is 0.260 e. The van der Waals surface area contributed by atoms with E-state index in [2.05, 4.69) is 21.2 Å². The monoisotopic (exact) mass is 156 g/mol. The van der Waals surface area contributed by atoms with Gasteiger partial charge in [-0.05, 0) is 0 Å². The SMILES string of the molecule is CN=C(NC#N)N(NC)NC. The minimum absolute atomic E-state index is 0.414. The second-order valence-electron chi connectivity index (χ2n) is 1.57. The third kappa shape index (κ3) is 2.84. The van der Waals surface area contributed by atoms with E-state index in [1.165, 1.54) is 5.12 Å². The Labute approximate surface area is 65.8 Å². The Kier molecular flexibility index (Phi) is 4.81. The molecule has 0 aliphatic carbocycles. The van der Waals surface area contributed by atoms with Crippen molar-refractivity contribution in [3.63, 3.8) is 0 Å². The van der Waals surface area contributed by atoms with Crippen LogP contribution in [0.3, 0.4) is 0 Å². The van der Waals surface area contributed by atoms with Crippen molar-refractivity contribution in [1.29, 1.82) is 5.26 Å². The van der Waals surface area contributed by atoms with Crippen LogP contribution in [0.5, 0.6) is 0 Å². The van der Waals surface area contributed by atoms with Crippen molar-refractivity contribution >= 4 is 5.96 Å². The second kappa shape index (κ2) is 5.46. The van der Waals surface area contributed by atoms with Crippen molar-refractivity contribution in [1.82, 2.24) is 21.3 Å². The Morgan fingerprint density at radius 1 is 1.45 bits per heavy atom. The number of guanidine groups is 1. The summed E-state index contributed by atoms with van der Waals surface area (Å²) in [6.07, 6.45) is 1.77. The lowest BCUT2D eigenvalue weighted by Crippen LogP contribution is -2.52. The molecule has 0 spiro atoms. The van der Waals surface area contributed by atoms with Crippen molar-refractivity contribution in [3.8, 4) is 6.19 Å². The van der Waals surface area contributed by atoms with Gasteiger partial charge in [-0.15, -0.1) is 0 Å². The van der Waals surface area contributed by atoms with Crippen LogP contribution in [-0.2, 0) is 0 Å². The maximum Gasteiger partial charge on any atom is 0.237 e. The zero-order valence-corrected chi connectivity index (χ0v) is 6.84. The number of aliphatic imine (C=N–C) groups is 1. The Morgan fingerprint density at radius 2 is 2.00 bits per heavy atom. The summed E-state index contributed by atoms with van der Waals surface area (Å²) in [6, 6.07) is 0. The average Bonchev–Trinajstić information content (AvgIpc) is 2.05. The van der Waals surface area contributed by atoms with Gasteiger partial charge in [0, 0.05) is 21.1 Å². The third-order valence-electron chi connectivity index (χ3n) is 1.04. The van der Waals surface area contributed by atoms with Crippen LogP contribution in [0.1, 0.15) is 0 Å². The maximum absolute atomic E-state index is 8.28. The van der Waals surface area contributed by atoms with Gasteiger partial charge >= 0.3 is 0 Å². The molecule has 0 heterocycles. The smallest absolute Gasteiger partial charge is 0.237 e. The third-order valence-corrected chi connectivity index (χ3v) is 1.04. The number of hydrogen-bond acceptors (Lipinski definition) is 4. The summed E-state index contributed by atoms with van der Waals surface area (Å²) in [5.74, 6) is 0.414. The minimum atomic E-state index is 0.414. The van der Waals surface area contributed by atoms with E-state index < -0.39 is 0 Å². The molecular weight excluding hydrogens is 144 g/mol. The number of nitrogens with one attached hydrogen (secondary N) is 3. The Bertz CT molecular complexity index is 164.